The summed E-state index contributed by atoms with van der Waals surface area (Å²) in [6.45, 7) is 6.04. The first-order valence-electron chi connectivity index (χ1n) is 9.38. The number of quaternary nitrogens is 1. The van der Waals surface area contributed by atoms with Crippen molar-refractivity contribution >= 4 is 5.91 Å². The number of carbonyl (C=O) groups is 1. The van der Waals surface area contributed by atoms with E-state index in [1.807, 2.05) is 24.1 Å². The number of rotatable bonds is 8. The lowest BCUT2D eigenvalue weighted by molar-refractivity contribution is -0.919. The highest BCUT2D eigenvalue weighted by Gasteiger charge is 2.29. The fourth-order valence-corrected chi connectivity index (χ4v) is 3.53. The zero-order valence-corrected chi connectivity index (χ0v) is 16.1. The number of piperidine rings is 1. The van der Waals surface area contributed by atoms with Crippen molar-refractivity contribution < 1.29 is 19.2 Å². The number of methoxy groups -OCH3 is 2. The van der Waals surface area contributed by atoms with Crippen molar-refractivity contribution in [3.8, 4) is 11.5 Å². The number of hydrogen-bond acceptors (Lipinski definition) is 3. The summed E-state index contributed by atoms with van der Waals surface area (Å²) in [6.07, 6.45) is 4.17. The summed E-state index contributed by atoms with van der Waals surface area (Å²) < 4.78 is 10.8. The number of carbonyl (C=O) groups excluding carboxylic acids is 1. The van der Waals surface area contributed by atoms with Crippen LogP contribution in [-0.4, -0.2) is 51.7 Å². The molecule has 1 amide bonds. The van der Waals surface area contributed by atoms with E-state index in [-0.39, 0.29) is 5.92 Å². The lowest BCUT2D eigenvalue weighted by Crippen LogP contribution is -3.11. The number of likely N-dealkylation sites (tertiary alicyclic amines) is 1. The Balaban J connectivity index is 1.87. The molecule has 1 aromatic rings. The van der Waals surface area contributed by atoms with E-state index in [2.05, 4.69) is 13.0 Å². The maximum Gasteiger partial charge on any atom is 0.225 e. The maximum atomic E-state index is 12.5. The molecule has 1 aliphatic heterocycles. The van der Waals surface area contributed by atoms with E-state index in [1.165, 1.54) is 10.5 Å². The van der Waals surface area contributed by atoms with Crippen molar-refractivity contribution in [2.75, 3.05) is 40.9 Å². The van der Waals surface area contributed by atoms with Gasteiger partial charge in [0.05, 0.1) is 27.3 Å². The van der Waals surface area contributed by atoms with Crippen LogP contribution in [0.3, 0.4) is 0 Å². The highest BCUT2D eigenvalue weighted by molar-refractivity contribution is 5.78. The molecule has 0 aromatic heterocycles. The van der Waals surface area contributed by atoms with Crippen molar-refractivity contribution in [1.29, 1.82) is 0 Å². The molecule has 0 aliphatic carbocycles. The van der Waals surface area contributed by atoms with Gasteiger partial charge in [-0.05, 0) is 18.6 Å². The van der Waals surface area contributed by atoms with Crippen LogP contribution in [0.1, 0.15) is 38.2 Å². The Hall–Kier alpha value is -1.75. The summed E-state index contributed by atoms with van der Waals surface area (Å²) in [7, 11) is 5.31. The smallest absolute Gasteiger partial charge is 0.225 e. The molecule has 1 aliphatic rings. The predicted octanol–water partition coefficient (Wildman–Crippen LogP) is 1.76. The van der Waals surface area contributed by atoms with E-state index in [4.69, 9.17) is 9.47 Å². The normalized spacial score (nSPS) is 20.2. The summed E-state index contributed by atoms with van der Waals surface area (Å²) in [4.78, 5) is 16.0. The molecule has 1 saturated heterocycles. The van der Waals surface area contributed by atoms with Gasteiger partial charge < -0.3 is 19.3 Å². The van der Waals surface area contributed by atoms with Gasteiger partial charge in [0.2, 0.25) is 5.91 Å². The summed E-state index contributed by atoms with van der Waals surface area (Å²) >= 11 is 0. The number of unbranched alkanes of at least 4 members (excludes halogenated alkanes) is 1. The van der Waals surface area contributed by atoms with Crippen molar-refractivity contribution in [3.05, 3.63) is 23.8 Å². The average molecular weight is 349 g/mol. The molecule has 5 nitrogen and oxygen atoms in total. The van der Waals surface area contributed by atoms with Crippen LogP contribution in [0.15, 0.2) is 18.2 Å². The Bertz CT molecular complexity index is 554. The van der Waals surface area contributed by atoms with Crippen LogP contribution in [0, 0.1) is 5.92 Å². The quantitative estimate of drug-likeness (QED) is 0.778. The maximum absolute atomic E-state index is 12.5. The van der Waals surface area contributed by atoms with E-state index in [0.717, 1.165) is 63.4 Å². The molecule has 0 bridgehead atoms. The molecule has 0 radical (unpaired) electrons. The van der Waals surface area contributed by atoms with Crippen molar-refractivity contribution in [2.45, 2.75) is 39.2 Å². The number of ether oxygens (including phenoxy) is 2. The topological polar surface area (TPSA) is 43.2 Å². The van der Waals surface area contributed by atoms with Gasteiger partial charge in [0, 0.05) is 44.0 Å². The third-order valence-electron chi connectivity index (χ3n) is 5.20. The van der Waals surface area contributed by atoms with Gasteiger partial charge in [0.15, 0.2) is 0 Å². The molecule has 0 atom stereocenters. The first kappa shape index (κ1) is 19.6. The highest BCUT2D eigenvalue weighted by Crippen LogP contribution is 2.24. The molecule has 1 aromatic carbocycles. The number of amides is 1. The molecule has 1 N–H and O–H groups in total. The molecule has 2 rings (SSSR count). The number of nitrogens with zero attached hydrogens (tertiary/aromatic N) is 1. The fourth-order valence-electron chi connectivity index (χ4n) is 3.53. The van der Waals surface area contributed by atoms with Crippen LogP contribution in [0.4, 0.5) is 0 Å². The minimum atomic E-state index is 0.198. The lowest BCUT2D eigenvalue weighted by Gasteiger charge is -2.31. The molecule has 1 heterocycles. The van der Waals surface area contributed by atoms with E-state index >= 15 is 0 Å². The second kappa shape index (κ2) is 9.66. The third-order valence-corrected chi connectivity index (χ3v) is 5.20. The van der Waals surface area contributed by atoms with Crippen LogP contribution in [0.5, 0.6) is 11.5 Å². The van der Waals surface area contributed by atoms with Crippen molar-refractivity contribution in [1.82, 2.24) is 4.90 Å². The predicted molar refractivity (Wildman–Crippen MR) is 99.2 cm³/mol. The van der Waals surface area contributed by atoms with Gasteiger partial charge in [0.25, 0.3) is 0 Å². The standard InChI is InChI=1S/C20H32N2O3/c1-5-6-11-21(2)20(23)16-9-12-22(13-10-16)15-17-7-8-18(24-3)14-19(17)25-4/h7-8,14,16H,5-6,9-13,15H2,1-4H3/p+1. The van der Waals surface area contributed by atoms with Gasteiger partial charge in [-0.25, -0.2) is 0 Å². The minimum absolute atomic E-state index is 0.198. The highest BCUT2D eigenvalue weighted by atomic mass is 16.5. The van der Waals surface area contributed by atoms with Crippen LogP contribution < -0.4 is 14.4 Å². The molecule has 0 spiro atoms. The molecule has 25 heavy (non-hydrogen) atoms. The molecule has 0 saturated carbocycles. The van der Waals surface area contributed by atoms with Gasteiger partial charge in [-0.3, -0.25) is 4.79 Å². The van der Waals surface area contributed by atoms with Crippen LogP contribution in [0.25, 0.3) is 0 Å². The molecule has 0 unspecified atom stereocenters. The first-order valence-corrected chi connectivity index (χ1v) is 9.38. The fraction of sp³-hybridized carbons (Fsp3) is 0.650. The van der Waals surface area contributed by atoms with Gasteiger partial charge in [-0.2, -0.15) is 0 Å². The Morgan fingerprint density at radius 1 is 1.24 bits per heavy atom. The largest absolute Gasteiger partial charge is 0.497 e. The monoisotopic (exact) mass is 349 g/mol. The molecule has 140 valence electrons. The second-order valence-electron chi connectivity index (χ2n) is 6.99. The van der Waals surface area contributed by atoms with E-state index in [0.29, 0.717) is 5.91 Å². The molecular weight excluding hydrogens is 316 g/mol. The van der Waals surface area contributed by atoms with Crippen molar-refractivity contribution in [3.63, 3.8) is 0 Å². The zero-order valence-electron chi connectivity index (χ0n) is 16.1. The number of hydrogen-bond donors (Lipinski definition) is 1. The Labute approximate surface area is 151 Å². The Morgan fingerprint density at radius 2 is 1.96 bits per heavy atom. The second-order valence-corrected chi connectivity index (χ2v) is 6.99. The Kier molecular flexibility index (Phi) is 7.56. The molecule has 1 fully saturated rings. The minimum Gasteiger partial charge on any atom is -0.497 e. The molecular formula is C20H33N2O3+. The summed E-state index contributed by atoms with van der Waals surface area (Å²) in [5.74, 6) is 2.22. The third kappa shape index (κ3) is 5.36. The zero-order chi connectivity index (χ0) is 18.2. The van der Waals surface area contributed by atoms with Gasteiger partial charge in [0.1, 0.15) is 18.0 Å². The van der Waals surface area contributed by atoms with Gasteiger partial charge in [-0.15, -0.1) is 0 Å². The Morgan fingerprint density at radius 3 is 2.56 bits per heavy atom. The summed E-state index contributed by atoms with van der Waals surface area (Å²) in [5.41, 5.74) is 1.20. The van der Waals surface area contributed by atoms with E-state index in [9.17, 15) is 4.79 Å². The van der Waals surface area contributed by atoms with Crippen LogP contribution in [0.2, 0.25) is 0 Å². The number of nitrogens with one attached hydrogen (secondary N) is 1. The molecule has 5 heteroatoms. The summed E-state index contributed by atoms with van der Waals surface area (Å²) in [5, 5.41) is 0. The van der Waals surface area contributed by atoms with Crippen molar-refractivity contribution in [2.24, 2.45) is 5.92 Å². The van der Waals surface area contributed by atoms with Gasteiger partial charge in [-0.1, -0.05) is 13.3 Å². The SMILES string of the molecule is CCCCN(C)C(=O)C1CC[NH+](Cc2ccc(OC)cc2OC)CC1. The van der Waals surface area contributed by atoms with Crippen LogP contribution in [-0.2, 0) is 11.3 Å². The van der Waals surface area contributed by atoms with Gasteiger partial charge >= 0.3 is 0 Å². The lowest BCUT2D eigenvalue weighted by atomic mass is 9.95. The summed E-state index contributed by atoms with van der Waals surface area (Å²) in [6, 6.07) is 6.00. The average Bonchev–Trinajstić information content (AvgIpc) is 2.66. The van der Waals surface area contributed by atoms with E-state index in [1.54, 1.807) is 14.2 Å². The van der Waals surface area contributed by atoms with Crippen LogP contribution >= 0.6 is 0 Å². The van der Waals surface area contributed by atoms with E-state index < -0.39 is 0 Å². The first-order chi connectivity index (χ1) is 12.1. The number of benzene rings is 1.